The highest BCUT2D eigenvalue weighted by Crippen LogP contribution is 2.38. The molecule has 0 aromatic heterocycles. The van der Waals surface area contributed by atoms with Gasteiger partial charge < -0.3 is 26.2 Å². The number of nitrogens with two attached hydrogens (primary N) is 1. The Morgan fingerprint density at radius 3 is 2.29 bits per heavy atom. The fourth-order valence-corrected chi connectivity index (χ4v) is 4.53. The lowest BCUT2D eigenvalue weighted by Crippen LogP contribution is -2.47. The van der Waals surface area contributed by atoms with E-state index in [9.17, 15) is 9.59 Å². The Balaban J connectivity index is 1.48. The van der Waals surface area contributed by atoms with Gasteiger partial charge in [0.1, 0.15) is 0 Å². The minimum Gasteiger partial charge on any atom is -0.399 e. The topological polar surface area (TPSA) is 90.7 Å². The van der Waals surface area contributed by atoms with Gasteiger partial charge in [-0.3, -0.25) is 9.59 Å². The van der Waals surface area contributed by atoms with E-state index in [0.29, 0.717) is 33.2 Å². The molecule has 2 heterocycles. The standard InChI is InChI=1S/C27H26ClN5O2/c1-32-12-14-33(15-13-32)27(35)18-4-9-21(10-5-18)30-25(17-2-7-20(29)8-3-17)24-22-11-6-19(28)16-23(22)31-26(24)34/h2-11,16,30H,12-15,29H2,1H3,(H,31,34). The van der Waals surface area contributed by atoms with E-state index in [-0.39, 0.29) is 11.8 Å². The first-order valence-electron chi connectivity index (χ1n) is 11.5. The van der Waals surface area contributed by atoms with Crippen LogP contribution in [0.1, 0.15) is 21.5 Å². The maximum absolute atomic E-state index is 13.0. The summed E-state index contributed by atoms with van der Waals surface area (Å²) in [6.07, 6.45) is 0. The Bertz CT molecular complexity index is 1310. The number of anilines is 3. The first-order chi connectivity index (χ1) is 16.9. The zero-order chi connectivity index (χ0) is 24.5. The van der Waals surface area contributed by atoms with Crippen molar-refractivity contribution in [3.05, 3.63) is 88.4 Å². The molecule has 4 N–H and O–H groups in total. The van der Waals surface area contributed by atoms with Gasteiger partial charge in [0.25, 0.3) is 11.8 Å². The lowest BCUT2D eigenvalue weighted by atomic mass is 9.99. The van der Waals surface area contributed by atoms with Gasteiger partial charge in [0.05, 0.1) is 17.0 Å². The molecule has 2 aliphatic rings. The van der Waals surface area contributed by atoms with Gasteiger partial charge in [-0.15, -0.1) is 0 Å². The smallest absolute Gasteiger partial charge is 0.258 e. The number of nitrogens with one attached hydrogen (secondary N) is 2. The highest BCUT2D eigenvalue weighted by molar-refractivity contribution is 6.38. The normalized spacial score (nSPS) is 17.1. The fourth-order valence-electron chi connectivity index (χ4n) is 4.35. The van der Waals surface area contributed by atoms with Crippen LogP contribution in [0.5, 0.6) is 0 Å². The molecule has 5 rings (SSSR count). The lowest BCUT2D eigenvalue weighted by molar-refractivity contribution is -0.110. The summed E-state index contributed by atoms with van der Waals surface area (Å²) >= 11 is 6.14. The number of rotatable bonds is 4. The molecule has 0 atom stereocenters. The van der Waals surface area contributed by atoms with E-state index in [1.165, 1.54) is 0 Å². The predicted molar refractivity (Wildman–Crippen MR) is 141 cm³/mol. The van der Waals surface area contributed by atoms with Crippen molar-refractivity contribution in [2.45, 2.75) is 0 Å². The number of halogens is 1. The number of likely N-dealkylation sites (N-methyl/N-ethyl adjacent to an activating group) is 1. The summed E-state index contributed by atoms with van der Waals surface area (Å²) in [6, 6.07) is 20.0. The Kier molecular flexibility index (Phi) is 6.19. The monoisotopic (exact) mass is 487 g/mol. The molecule has 0 unspecified atom stereocenters. The number of nitrogens with zero attached hydrogens (tertiary/aromatic N) is 2. The maximum Gasteiger partial charge on any atom is 0.258 e. The third kappa shape index (κ3) is 4.73. The molecule has 2 aliphatic heterocycles. The molecule has 0 saturated carbocycles. The lowest BCUT2D eigenvalue weighted by Gasteiger charge is -2.32. The summed E-state index contributed by atoms with van der Waals surface area (Å²) in [5.74, 6) is -0.189. The SMILES string of the molecule is CN1CCN(C(=O)c2ccc(NC(=C3C(=O)Nc4cc(Cl)ccc43)c3ccc(N)cc3)cc2)CC1. The van der Waals surface area contributed by atoms with E-state index < -0.39 is 0 Å². The summed E-state index contributed by atoms with van der Waals surface area (Å²) in [5.41, 5.74) is 11.3. The van der Waals surface area contributed by atoms with Crippen molar-refractivity contribution in [3.63, 3.8) is 0 Å². The van der Waals surface area contributed by atoms with E-state index in [1.54, 1.807) is 24.3 Å². The summed E-state index contributed by atoms with van der Waals surface area (Å²) in [5, 5.41) is 6.86. The highest BCUT2D eigenvalue weighted by atomic mass is 35.5. The molecule has 2 amide bonds. The molecule has 0 aliphatic carbocycles. The van der Waals surface area contributed by atoms with Crippen LogP contribution in [0, 0.1) is 0 Å². The van der Waals surface area contributed by atoms with Crippen LogP contribution >= 0.6 is 11.6 Å². The molecule has 0 radical (unpaired) electrons. The van der Waals surface area contributed by atoms with Gasteiger partial charge in [0, 0.05) is 53.7 Å². The first kappa shape index (κ1) is 23.0. The number of carbonyl (C=O) groups excluding carboxylic acids is 2. The number of piperazine rings is 1. The van der Waals surface area contributed by atoms with Crippen LogP contribution < -0.4 is 16.4 Å². The summed E-state index contributed by atoms with van der Waals surface area (Å²) in [7, 11) is 2.06. The molecule has 3 aromatic rings. The molecule has 178 valence electrons. The molecular formula is C27H26ClN5O2. The molecular weight excluding hydrogens is 462 g/mol. The van der Waals surface area contributed by atoms with Crippen LogP contribution in [0.15, 0.2) is 66.7 Å². The van der Waals surface area contributed by atoms with Crippen LogP contribution in [-0.2, 0) is 4.79 Å². The quantitative estimate of drug-likeness (QED) is 0.378. The summed E-state index contributed by atoms with van der Waals surface area (Å²) < 4.78 is 0. The molecule has 0 bridgehead atoms. The van der Waals surface area contributed by atoms with Crippen molar-refractivity contribution < 1.29 is 9.59 Å². The number of amides is 2. The third-order valence-electron chi connectivity index (χ3n) is 6.37. The second-order valence-corrected chi connectivity index (χ2v) is 9.25. The van der Waals surface area contributed by atoms with Crippen LogP contribution in [-0.4, -0.2) is 54.8 Å². The van der Waals surface area contributed by atoms with Gasteiger partial charge in [-0.2, -0.15) is 0 Å². The number of fused-ring (bicyclic) bond motifs is 1. The number of hydrogen-bond donors (Lipinski definition) is 3. The molecule has 1 fully saturated rings. The Hall–Kier alpha value is -3.81. The number of benzene rings is 3. The van der Waals surface area contributed by atoms with Crippen LogP contribution in [0.4, 0.5) is 17.1 Å². The van der Waals surface area contributed by atoms with E-state index >= 15 is 0 Å². The Morgan fingerprint density at radius 2 is 1.60 bits per heavy atom. The fraction of sp³-hybridized carbons (Fsp3) is 0.185. The van der Waals surface area contributed by atoms with Crippen molar-refractivity contribution in [1.29, 1.82) is 0 Å². The van der Waals surface area contributed by atoms with Gasteiger partial charge in [0.2, 0.25) is 0 Å². The predicted octanol–water partition coefficient (Wildman–Crippen LogP) is 4.24. The minimum atomic E-state index is -0.219. The van der Waals surface area contributed by atoms with Gasteiger partial charge in [-0.05, 0) is 61.1 Å². The molecule has 1 saturated heterocycles. The number of hydrogen-bond acceptors (Lipinski definition) is 5. The van der Waals surface area contributed by atoms with Gasteiger partial charge in [-0.1, -0.05) is 29.8 Å². The summed E-state index contributed by atoms with van der Waals surface area (Å²) in [4.78, 5) is 30.0. The maximum atomic E-state index is 13.0. The van der Waals surface area contributed by atoms with Gasteiger partial charge in [0.15, 0.2) is 0 Å². The summed E-state index contributed by atoms with van der Waals surface area (Å²) in [6.45, 7) is 3.19. The molecule has 7 nitrogen and oxygen atoms in total. The van der Waals surface area contributed by atoms with E-state index in [0.717, 1.165) is 43.0 Å². The van der Waals surface area contributed by atoms with E-state index in [1.807, 2.05) is 47.4 Å². The van der Waals surface area contributed by atoms with Crippen LogP contribution in [0.3, 0.4) is 0 Å². The van der Waals surface area contributed by atoms with Gasteiger partial charge >= 0.3 is 0 Å². The molecule has 35 heavy (non-hydrogen) atoms. The largest absolute Gasteiger partial charge is 0.399 e. The average molecular weight is 488 g/mol. The van der Waals surface area contributed by atoms with Crippen molar-refractivity contribution in [2.75, 3.05) is 49.6 Å². The Morgan fingerprint density at radius 1 is 0.943 bits per heavy atom. The van der Waals surface area contributed by atoms with Crippen molar-refractivity contribution in [1.82, 2.24) is 9.80 Å². The zero-order valence-electron chi connectivity index (χ0n) is 19.3. The average Bonchev–Trinajstić information content (AvgIpc) is 3.18. The number of carbonyl (C=O) groups is 2. The second kappa shape index (κ2) is 9.44. The third-order valence-corrected chi connectivity index (χ3v) is 6.60. The number of nitrogen functional groups attached to an aromatic ring is 1. The van der Waals surface area contributed by atoms with E-state index in [2.05, 4.69) is 22.6 Å². The minimum absolute atomic E-state index is 0.0303. The molecule has 8 heteroatoms. The Labute approximate surface area is 209 Å². The van der Waals surface area contributed by atoms with Crippen molar-refractivity contribution in [3.8, 4) is 0 Å². The van der Waals surface area contributed by atoms with Crippen LogP contribution in [0.25, 0.3) is 11.3 Å². The van der Waals surface area contributed by atoms with Crippen molar-refractivity contribution >= 4 is 51.7 Å². The molecule has 0 spiro atoms. The second-order valence-electron chi connectivity index (χ2n) is 8.81. The van der Waals surface area contributed by atoms with E-state index in [4.69, 9.17) is 17.3 Å². The van der Waals surface area contributed by atoms with Crippen molar-refractivity contribution in [2.24, 2.45) is 0 Å². The van der Waals surface area contributed by atoms with Crippen LogP contribution in [0.2, 0.25) is 5.02 Å². The van der Waals surface area contributed by atoms with Gasteiger partial charge in [-0.25, -0.2) is 0 Å². The molecule has 3 aromatic carbocycles. The first-order valence-corrected chi connectivity index (χ1v) is 11.8. The zero-order valence-corrected chi connectivity index (χ0v) is 20.1. The highest BCUT2D eigenvalue weighted by Gasteiger charge is 2.29.